The van der Waals surface area contributed by atoms with Gasteiger partial charge in [0.25, 0.3) is 5.56 Å². The molecule has 0 saturated heterocycles. The number of hydrogen-bond acceptors (Lipinski definition) is 4. The summed E-state index contributed by atoms with van der Waals surface area (Å²) in [5, 5.41) is 0. The summed E-state index contributed by atoms with van der Waals surface area (Å²) in [4.78, 5) is 34.4. The molecule has 7 nitrogen and oxygen atoms in total. The van der Waals surface area contributed by atoms with E-state index in [2.05, 4.69) is 48.0 Å². The number of aromatic nitrogens is 4. The van der Waals surface area contributed by atoms with Crippen LogP contribution in [0.2, 0.25) is 0 Å². The molecule has 0 fully saturated rings. The minimum absolute atomic E-state index is 0.374. The monoisotopic (exact) mass is 381 g/mol. The van der Waals surface area contributed by atoms with Crippen molar-refractivity contribution < 1.29 is 0 Å². The number of para-hydroxylation sites is 1. The van der Waals surface area contributed by atoms with Gasteiger partial charge >= 0.3 is 5.69 Å². The highest BCUT2D eigenvalue weighted by molar-refractivity contribution is 5.71. The average Bonchev–Trinajstić information content (AvgIpc) is 3.00. The first-order valence-electron chi connectivity index (χ1n) is 10.0. The lowest BCUT2D eigenvalue weighted by Gasteiger charge is -2.36. The van der Waals surface area contributed by atoms with Crippen LogP contribution in [-0.2, 0) is 26.6 Å². The Morgan fingerprint density at radius 2 is 2.04 bits per heavy atom. The molecule has 3 heterocycles. The Kier molecular flexibility index (Phi) is 4.83. The molecule has 1 aliphatic rings. The number of anilines is 1. The van der Waals surface area contributed by atoms with Gasteiger partial charge in [0.2, 0.25) is 0 Å². The van der Waals surface area contributed by atoms with Gasteiger partial charge in [-0.3, -0.25) is 14.3 Å². The van der Waals surface area contributed by atoms with E-state index in [-0.39, 0.29) is 11.2 Å². The van der Waals surface area contributed by atoms with Crippen LogP contribution in [0.4, 0.5) is 5.69 Å². The first-order chi connectivity index (χ1) is 13.5. The smallest absolute Gasteiger partial charge is 0.330 e. The second kappa shape index (κ2) is 7.30. The molecule has 0 aliphatic carbocycles. The van der Waals surface area contributed by atoms with Gasteiger partial charge < -0.3 is 9.47 Å². The van der Waals surface area contributed by atoms with Crippen molar-refractivity contribution in [3.8, 4) is 0 Å². The standard InChI is InChI=1S/C21H27N5O2/c1-4-5-12-25-19-18(20(27)23-21(25)28)24(3)17(22-19)13-26-14(2)10-11-15-8-6-7-9-16(15)26/h6-9,14H,4-5,10-13H2,1-3H3,(H,23,27,28). The van der Waals surface area contributed by atoms with Crippen LogP contribution >= 0.6 is 0 Å². The molecule has 1 atom stereocenters. The molecule has 0 amide bonds. The maximum atomic E-state index is 12.5. The molecule has 1 unspecified atom stereocenters. The number of benzene rings is 1. The number of unbranched alkanes of at least 4 members (excludes halogenated alkanes) is 1. The lowest BCUT2D eigenvalue weighted by atomic mass is 9.97. The number of fused-ring (bicyclic) bond motifs is 2. The van der Waals surface area contributed by atoms with Crippen LogP contribution in [0.15, 0.2) is 33.9 Å². The van der Waals surface area contributed by atoms with E-state index in [0.29, 0.717) is 30.3 Å². The van der Waals surface area contributed by atoms with Gasteiger partial charge in [-0.2, -0.15) is 0 Å². The average molecular weight is 381 g/mol. The van der Waals surface area contributed by atoms with Crippen LogP contribution < -0.4 is 16.1 Å². The van der Waals surface area contributed by atoms with E-state index in [0.717, 1.165) is 31.5 Å². The van der Waals surface area contributed by atoms with Crippen LogP contribution in [0.3, 0.4) is 0 Å². The van der Waals surface area contributed by atoms with Crippen LogP contribution in [0.1, 0.15) is 44.5 Å². The summed E-state index contributed by atoms with van der Waals surface area (Å²) in [7, 11) is 1.86. The molecule has 0 spiro atoms. The quantitative estimate of drug-likeness (QED) is 0.737. The Hall–Kier alpha value is -2.83. The third-order valence-corrected chi connectivity index (χ3v) is 5.82. The van der Waals surface area contributed by atoms with Gasteiger partial charge in [-0.05, 0) is 37.8 Å². The van der Waals surface area contributed by atoms with Crippen molar-refractivity contribution in [2.24, 2.45) is 7.05 Å². The first-order valence-corrected chi connectivity index (χ1v) is 10.0. The van der Waals surface area contributed by atoms with Crippen molar-refractivity contribution in [1.29, 1.82) is 0 Å². The van der Waals surface area contributed by atoms with E-state index in [4.69, 9.17) is 4.98 Å². The fourth-order valence-electron chi connectivity index (χ4n) is 4.11. The normalized spacial score (nSPS) is 16.5. The van der Waals surface area contributed by atoms with Crippen LogP contribution in [0.25, 0.3) is 11.2 Å². The Labute approximate surface area is 163 Å². The van der Waals surface area contributed by atoms with E-state index in [9.17, 15) is 9.59 Å². The van der Waals surface area contributed by atoms with Gasteiger partial charge in [0, 0.05) is 25.3 Å². The number of rotatable bonds is 5. The zero-order valence-electron chi connectivity index (χ0n) is 16.7. The van der Waals surface area contributed by atoms with Gasteiger partial charge in [-0.1, -0.05) is 31.5 Å². The molecule has 7 heteroatoms. The second-order valence-electron chi connectivity index (χ2n) is 7.67. The van der Waals surface area contributed by atoms with Crippen LogP contribution in [-0.4, -0.2) is 25.1 Å². The number of nitrogens with one attached hydrogen (secondary N) is 1. The van der Waals surface area contributed by atoms with E-state index in [1.165, 1.54) is 11.3 Å². The lowest BCUT2D eigenvalue weighted by Crippen LogP contribution is -2.37. The highest BCUT2D eigenvalue weighted by Crippen LogP contribution is 2.31. The van der Waals surface area contributed by atoms with Crippen LogP contribution in [0.5, 0.6) is 0 Å². The molecule has 148 valence electrons. The largest absolute Gasteiger partial charge is 0.361 e. The molecule has 0 bridgehead atoms. The number of aryl methyl sites for hydroxylation is 3. The molecule has 1 aliphatic heterocycles. The summed E-state index contributed by atoms with van der Waals surface area (Å²) in [6.45, 7) is 5.46. The molecule has 28 heavy (non-hydrogen) atoms. The summed E-state index contributed by atoms with van der Waals surface area (Å²) in [6, 6.07) is 8.85. The number of imidazole rings is 1. The summed E-state index contributed by atoms with van der Waals surface area (Å²) in [5.74, 6) is 0.792. The molecular weight excluding hydrogens is 354 g/mol. The summed E-state index contributed by atoms with van der Waals surface area (Å²) in [6.07, 6.45) is 3.99. The summed E-state index contributed by atoms with van der Waals surface area (Å²) < 4.78 is 3.43. The van der Waals surface area contributed by atoms with Crippen molar-refractivity contribution in [3.63, 3.8) is 0 Å². The predicted molar refractivity (Wildman–Crippen MR) is 111 cm³/mol. The zero-order chi connectivity index (χ0) is 19.8. The highest BCUT2D eigenvalue weighted by Gasteiger charge is 2.25. The Morgan fingerprint density at radius 1 is 1.25 bits per heavy atom. The molecule has 4 rings (SSSR count). The Balaban J connectivity index is 1.80. The first kappa shape index (κ1) is 18.5. The van der Waals surface area contributed by atoms with Crippen molar-refractivity contribution in [2.75, 3.05) is 4.90 Å². The van der Waals surface area contributed by atoms with Gasteiger partial charge in [-0.15, -0.1) is 0 Å². The molecular formula is C21H27N5O2. The third kappa shape index (κ3) is 3.04. The van der Waals surface area contributed by atoms with Crippen molar-refractivity contribution >= 4 is 16.9 Å². The van der Waals surface area contributed by atoms with E-state index in [1.54, 1.807) is 4.57 Å². The molecule has 1 N–H and O–H groups in total. The van der Waals surface area contributed by atoms with Crippen molar-refractivity contribution in [2.45, 2.75) is 58.7 Å². The Morgan fingerprint density at radius 3 is 2.82 bits per heavy atom. The number of nitrogens with zero attached hydrogens (tertiary/aromatic N) is 4. The lowest BCUT2D eigenvalue weighted by molar-refractivity contribution is 0.547. The SMILES string of the molecule is CCCCn1c(=O)[nH]c(=O)c2c1nc(CN1c3ccccc3CCC1C)n2C. The highest BCUT2D eigenvalue weighted by atomic mass is 16.2. The molecule has 1 aromatic carbocycles. The molecule has 2 aromatic heterocycles. The maximum absolute atomic E-state index is 12.5. The van der Waals surface area contributed by atoms with Gasteiger partial charge in [-0.25, -0.2) is 9.78 Å². The molecule has 3 aromatic rings. The minimum atomic E-state index is -0.382. The third-order valence-electron chi connectivity index (χ3n) is 5.82. The molecule has 0 saturated carbocycles. The van der Waals surface area contributed by atoms with E-state index in [1.807, 2.05) is 11.6 Å². The van der Waals surface area contributed by atoms with Gasteiger partial charge in [0.1, 0.15) is 5.82 Å². The van der Waals surface area contributed by atoms with E-state index < -0.39 is 0 Å². The molecule has 0 radical (unpaired) electrons. The zero-order valence-corrected chi connectivity index (χ0v) is 16.7. The van der Waals surface area contributed by atoms with Crippen LogP contribution in [0, 0.1) is 0 Å². The van der Waals surface area contributed by atoms with Crippen molar-refractivity contribution in [1.82, 2.24) is 19.1 Å². The summed E-state index contributed by atoms with van der Waals surface area (Å²) >= 11 is 0. The number of aromatic amines is 1. The summed E-state index contributed by atoms with van der Waals surface area (Å²) in [5.41, 5.74) is 2.76. The van der Waals surface area contributed by atoms with Crippen molar-refractivity contribution in [3.05, 3.63) is 56.5 Å². The fraction of sp³-hybridized carbons (Fsp3) is 0.476. The van der Waals surface area contributed by atoms with E-state index >= 15 is 0 Å². The van der Waals surface area contributed by atoms with Gasteiger partial charge in [0.15, 0.2) is 11.2 Å². The predicted octanol–water partition coefficient (Wildman–Crippen LogP) is 2.56. The fourth-order valence-corrected chi connectivity index (χ4v) is 4.11. The second-order valence-corrected chi connectivity index (χ2v) is 7.67. The number of hydrogen-bond donors (Lipinski definition) is 1. The maximum Gasteiger partial charge on any atom is 0.330 e. The van der Waals surface area contributed by atoms with Gasteiger partial charge in [0.05, 0.1) is 6.54 Å². The minimum Gasteiger partial charge on any atom is -0.361 e. The Bertz CT molecular complexity index is 1120. The topological polar surface area (TPSA) is 75.9 Å². The number of H-pyrrole nitrogens is 1.